The van der Waals surface area contributed by atoms with Crippen molar-refractivity contribution in [2.75, 3.05) is 11.4 Å². The fourth-order valence-corrected chi connectivity index (χ4v) is 2.34. The Hall–Kier alpha value is -0.540. The Bertz CT molecular complexity index is 357. The summed E-state index contributed by atoms with van der Waals surface area (Å²) in [4.78, 5) is 2.26. The van der Waals surface area contributed by atoms with Crippen LogP contribution in [0.5, 0.6) is 0 Å². The molecule has 1 aliphatic rings. The van der Waals surface area contributed by atoms with Crippen molar-refractivity contribution in [3.05, 3.63) is 16.4 Å². The molecule has 15 heavy (non-hydrogen) atoms. The molecular formula is C10H13Cl2N3. The van der Waals surface area contributed by atoms with Crippen LogP contribution >= 0.6 is 23.2 Å². The van der Waals surface area contributed by atoms with E-state index in [9.17, 15) is 0 Å². The second-order valence-corrected chi connectivity index (χ2v) is 4.63. The SMILES string of the molecule is CC1CCCCN1c1cc(Cl)nnc1Cl. The maximum Gasteiger partial charge on any atom is 0.175 e. The van der Waals surface area contributed by atoms with Gasteiger partial charge in [-0.1, -0.05) is 23.2 Å². The normalized spacial score (nSPS) is 21.8. The molecule has 0 N–H and O–H groups in total. The quantitative estimate of drug-likeness (QED) is 0.762. The zero-order chi connectivity index (χ0) is 10.8. The smallest absolute Gasteiger partial charge is 0.175 e. The van der Waals surface area contributed by atoms with Gasteiger partial charge in [-0.15, -0.1) is 10.2 Å². The molecule has 82 valence electrons. The van der Waals surface area contributed by atoms with Crippen LogP contribution in [0.3, 0.4) is 0 Å². The van der Waals surface area contributed by atoms with Crippen molar-refractivity contribution >= 4 is 28.9 Å². The molecule has 1 saturated heterocycles. The standard InChI is InChI=1S/C10H13Cl2N3/c1-7-4-2-3-5-15(7)8-6-9(11)13-14-10(8)12/h6-7H,2-5H2,1H3. The van der Waals surface area contributed by atoms with E-state index in [1.807, 2.05) is 0 Å². The molecule has 0 spiro atoms. The van der Waals surface area contributed by atoms with Crippen molar-refractivity contribution in [3.63, 3.8) is 0 Å². The molecule has 0 radical (unpaired) electrons. The Morgan fingerprint density at radius 2 is 2.13 bits per heavy atom. The number of nitrogens with zero attached hydrogens (tertiary/aromatic N) is 3. The van der Waals surface area contributed by atoms with Gasteiger partial charge in [0.15, 0.2) is 10.3 Å². The first kappa shape index (κ1) is 11.0. The van der Waals surface area contributed by atoms with Crippen molar-refractivity contribution in [3.8, 4) is 0 Å². The van der Waals surface area contributed by atoms with E-state index in [2.05, 4.69) is 22.0 Å². The average Bonchev–Trinajstić information content (AvgIpc) is 2.23. The summed E-state index contributed by atoms with van der Waals surface area (Å²) in [5.74, 6) is 0. The minimum atomic E-state index is 0.396. The Kier molecular flexibility index (Phi) is 3.32. The van der Waals surface area contributed by atoms with Crippen LogP contribution in [0.4, 0.5) is 5.69 Å². The molecule has 0 saturated carbocycles. The van der Waals surface area contributed by atoms with E-state index in [4.69, 9.17) is 23.2 Å². The van der Waals surface area contributed by atoms with Gasteiger partial charge in [-0.3, -0.25) is 0 Å². The third kappa shape index (κ3) is 2.34. The van der Waals surface area contributed by atoms with Gasteiger partial charge in [-0.2, -0.15) is 0 Å². The van der Waals surface area contributed by atoms with E-state index in [0.29, 0.717) is 16.3 Å². The van der Waals surface area contributed by atoms with Gasteiger partial charge in [0.2, 0.25) is 0 Å². The summed E-state index contributed by atoms with van der Waals surface area (Å²) in [6, 6.07) is 2.29. The van der Waals surface area contributed by atoms with Crippen LogP contribution in [0.2, 0.25) is 10.3 Å². The molecule has 1 fully saturated rings. The first-order valence-electron chi connectivity index (χ1n) is 5.14. The van der Waals surface area contributed by atoms with E-state index in [1.54, 1.807) is 6.07 Å². The van der Waals surface area contributed by atoms with Crippen molar-refractivity contribution < 1.29 is 0 Å². The number of rotatable bonds is 1. The Labute approximate surface area is 99.4 Å². The molecule has 0 aliphatic carbocycles. The minimum Gasteiger partial charge on any atom is -0.366 e. The van der Waals surface area contributed by atoms with Crippen LogP contribution < -0.4 is 4.90 Å². The lowest BCUT2D eigenvalue weighted by molar-refractivity contribution is 0.484. The van der Waals surface area contributed by atoms with Crippen molar-refractivity contribution in [1.82, 2.24) is 10.2 Å². The number of piperidine rings is 1. The lowest BCUT2D eigenvalue weighted by atomic mass is 10.0. The number of anilines is 1. The van der Waals surface area contributed by atoms with Gasteiger partial charge in [-0.25, -0.2) is 0 Å². The van der Waals surface area contributed by atoms with E-state index in [1.165, 1.54) is 19.3 Å². The summed E-state index contributed by atoms with van der Waals surface area (Å²) >= 11 is 11.8. The first-order chi connectivity index (χ1) is 7.18. The third-order valence-electron chi connectivity index (χ3n) is 2.81. The second-order valence-electron chi connectivity index (χ2n) is 3.88. The van der Waals surface area contributed by atoms with Gasteiger partial charge in [-0.05, 0) is 26.2 Å². The van der Waals surface area contributed by atoms with E-state index in [-0.39, 0.29) is 0 Å². The van der Waals surface area contributed by atoms with E-state index in [0.717, 1.165) is 12.2 Å². The lowest BCUT2D eigenvalue weighted by Crippen LogP contribution is -2.37. The molecule has 1 unspecified atom stereocenters. The third-order valence-corrected chi connectivity index (χ3v) is 3.27. The molecule has 2 heterocycles. The minimum absolute atomic E-state index is 0.396. The summed E-state index contributed by atoms with van der Waals surface area (Å²) in [6.07, 6.45) is 3.67. The first-order valence-corrected chi connectivity index (χ1v) is 5.89. The highest BCUT2D eigenvalue weighted by molar-refractivity contribution is 6.33. The van der Waals surface area contributed by atoms with E-state index < -0.39 is 0 Å². The molecule has 1 atom stereocenters. The molecule has 0 aromatic carbocycles. The largest absolute Gasteiger partial charge is 0.366 e. The average molecular weight is 246 g/mol. The highest BCUT2D eigenvalue weighted by Crippen LogP contribution is 2.30. The van der Waals surface area contributed by atoms with Crippen LogP contribution in [-0.4, -0.2) is 22.8 Å². The lowest BCUT2D eigenvalue weighted by Gasteiger charge is -2.35. The van der Waals surface area contributed by atoms with Gasteiger partial charge in [0.1, 0.15) is 0 Å². The van der Waals surface area contributed by atoms with Gasteiger partial charge in [0, 0.05) is 18.7 Å². The Morgan fingerprint density at radius 1 is 1.33 bits per heavy atom. The van der Waals surface area contributed by atoms with Gasteiger partial charge < -0.3 is 4.90 Å². The molecular weight excluding hydrogens is 233 g/mol. The van der Waals surface area contributed by atoms with Crippen LogP contribution in [0.25, 0.3) is 0 Å². The molecule has 3 nitrogen and oxygen atoms in total. The predicted molar refractivity (Wildman–Crippen MR) is 62.7 cm³/mol. The Morgan fingerprint density at radius 3 is 2.87 bits per heavy atom. The van der Waals surface area contributed by atoms with Crippen LogP contribution in [0.15, 0.2) is 6.07 Å². The summed E-state index contributed by atoms with van der Waals surface area (Å²) < 4.78 is 0. The maximum atomic E-state index is 6.02. The fraction of sp³-hybridized carbons (Fsp3) is 0.600. The number of aromatic nitrogens is 2. The second kappa shape index (κ2) is 4.54. The number of halogens is 2. The number of hydrogen-bond donors (Lipinski definition) is 0. The van der Waals surface area contributed by atoms with Gasteiger partial charge in [0.25, 0.3) is 0 Å². The Balaban J connectivity index is 2.30. The molecule has 1 aromatic rings. The van der Waals surface area contributed by atoms with Crippen LogP contribution in [0.1, 0.15) is 26.2 Å². The molecule has 1 aromatic heterocycles. The summed E-state index contributed by atoms with van der Waals surface area (Å²) in [5, 5.41) is 8.38. The molecule has 0 amide bonds. The molecule has 1 aliphatic heterocycles. The van der Waals surface area contributed by atoms with Crippen molar-refractivity contribution in [2.24, 2.45) is 0 Å². The zero-order valence-electron chi connectivity index (χ0n) is 8.58. The highest BCUT2D eigenvalue weighted by atomic mass is 35.5. The molecule has 0 bridgehead atoms. The maximum absolute atomic E-state index is 6.02. The molecule has 2 rings (SSSR count). The highest BCUT2D eigenvalue weighted by Gasteiger charge is 2.21. The predicted octanol–water partition coefficient (Wildman–Crippen LogP) is 3.16. The molecule has 5 heteroatoms. The zero-order valence-corrected chi connectivity index (χ0v) is 10.1. The van der Waals surface area contributed by atoms with E-state index >= 15 is 0 Å². The van der Waals surface area contributed by atoms with Crippen LogP contribution in [0, 0.1) is 0 Å². The fourth-order valence-electron chi connectivity index (χ4n) is 2.00. The topological polar surface area (TPSA) is 29.0 Å². The van der Waals surface area contributed by atoms with Gasteiger partial charge in [0.05, 0.1) is 5.69 Å². The van der Waals surface area contributed by atoms with Crippen molar-refractivity contribution in [2.45, 2.75) is 32.2 Å². The summed E-state index contributed by atoms with van der Waals surface area (Å²) in [7, 11) is 0. The summed E-state index contributed by atoms with van der Waals surface area (Å²) in [5.41, 5.74) is 0.906. The number of hydrogen-bond acceptors (Lipinski definition) is 3. The van der Waals surface area contributed by atoms with Gasteiger partial charge >= 0.3 is 0 Å². The summed E-state index contributed by atoms with van der Waals surface area (Å²) in [6.45, 7) is 3.22. The van der Waals surface area contributed by atoms with Crippen molar-refractivity contribution in [1.29, 1.82) is 0 Å². The monoisotopic (exact) mass is 245 g/mol. The van der Waals surface area contributed by atoms with Crippen LogP contribution in [-0.2, 0) is 0 Å².